The first kappa shape index (κ1) is 11.3. The molecule has 0 atom stereocenters. The summed E-state index contributed by atoms with van der Waals surface area (Å²) in [6, 6.07) is 8.49. The van der Waals surface area contributed by atoms with Crippen LogP contribution < -0.4 is 0 Å². The zero-order valence-electron chi connectivity index (χ0n) is 9.78. The van der Waals surface area contributed by atoms with E-state index < -0.39 is 0 Å². The van der Waals surface area contributed by atoms with Crippen LogP contribution in [0.4, 0.5) is 0 Å². The van der Waals surface area contributed by atoms with Crippen molar-refractivity contribution in [2.24, 2.45) is 0 Å². The van der Waals surface area contributed by atoms with Crippen molar-refractivity contribution < 1.29 is 4.52 Å². The fourth-order valence-electron chi connectivity index (χ4n) is 1.50. The molecule has 0 amide bonds. The van der Waals surface area contributed by atoms with Gasteiger partial charge in [0.2, 0.25) is 0 Å². The molecule has 1 aromatic carbocycles. The van der Waals surface area contributed by atoms with Crippen molar-refractivity contribution in [3.05, 3.63) is 46.8 Å². The van der Waals surface area contributed by atoms with E-state index in [9.17, 15) is 0 Å². The third-order valence-electron chi connectivity index (χ3n) is 2.39. The maximum Gasteiger partial charge on any atom is 0.147 e. The summed E-state index contributed by atoms with van der Waals surface area (Å²) in [5.74, 6) is 1.77. The van der Waals surface area contributed by atoms with Crippen molar-refractivity contribution in [3.8, 4) is 0 Å². The van der Waals surface area contributed by atoms with Crippen LogP contribution in [-0.4, -0.2) is 5.16 Å². The Balaban J connectivity index is 2.07. The Morgan fingerprint density at radius 2 is 2.00 bits per heavy atom. The van der Waals surface area contributed by atoms with Gasteiger partial charge in [0.05, 0.1) is 11.4 Å². The molecule has 2 aromatic rings. The van der Waals surface area contributed by atoms with Gasteiger partial charge in [-0.05, 0) is 32.4 Å². The average molecular weight is 233 g/mol. The van der Waals surface area contributed by atoms with Gasteiger partial charge >= 0.3 is 0 Å². The average Bonchev–Trinajstić information content (AvgIpc) is 2.66. The standard InChI is InChI=1S/C13H15NOS/c1-9-4-5-10(2)13(6-9)16-8-12-7-11(3)14-15-12/h4-7H,8H2,1-3H3. The zero-order chi connectivity index (χ0) is 11.5. The molecule has 16 heavy (non-hydrogen) atoms. The highest BCUT2D eigenvalue weighted by molar-refractivity contribution is 7.98. The van der Waals surface area contributed by atoms with Crippen molar-refractivity contribution in [3.63, 3.8) is 0 Å². The highest BCUT2D eigenvalue weighted by Crippen LogP contribution is 2.27. The lowest BCUT2D eigenvalue weighted by atomic mass is 10.2. The van der Waals surface area contributed by atoms with Gasteiger partial charge in [-0.2, -0.15) is 0 Å². The molecule has 0 fully saturated rings. The van der Waals surface area contributed by atoms with Crippen LogP contribution in [0.3, 0.4) is 0 Å². The van der Waals surface area contributed by atoms with Crippen LogP contribution in [0.15, 0.2) is 33.7 Å². The lowest BCUT2D eigenvalue weighted by Crippen LogP contribution is -1.83. The molecule has 0 aliphatic carbocycles. The Hall–Kier alpha value is -1.22. The predicted octanol–water partition coefficient (Wildman–Crippen LogP) is 3.89. The first-order chi connectivity index (χ1) is 7.65. The molecule has 2 rings (SSSR count). The van der Waals surface area contributed by atoms with Crippen molar-refractivity contribution >= 4 is 11.8 Å². The van der Waals surface area contributed by atoms with Gasteiger partial charge in [-0.1, -0.05) is 22.9 Å². The lowest BCUT2D eigenvalue weighted by Gasteiger charge is -2.04. The molecule has 1 heterocycles. The number of rotatable bonds is 3. The first-order valence-corrected chi connectivity index (χ1v) is 6.26. The van der Waals surface area contributed by atoms with Crippen LogP contribution in [-0.2, 0) is 5.75 Å². The Kier molecular flexibility index (Phi) is 3.34. The number of thioether (sulfide) groups is 1. The van der Waals surface area contributed by atoms with Crippen LogP contribution >= 0.6 is 11.8 Å². The minimum atomic E-state index is 0.838. The minimum absolute atomic E-state index is 0.838. The molecule has 0 unspecified atom stereocenters. The van der Waals surface area contributed by atoms with E-state index in [1.165, 1.54) is 16.0 Å². The first-order valence-electron chi connectivity index (χ1n) is 5.27. The molecule has 1 aromatic heterocycles. The van der Waals surface area contributed by atoms with Gasteiger partial charge in [0.15, 0.2) is 0 Å². The van der Waals surface area contributed by atoms with Gasteiger partial charge in [-0.15, -0.1) is 11.8 Å². The summed E-state index contributed by atoms with van der Waals surface area (Å²) in [6.45, 7) is 6.19. The summed E-state index contributed by atoms with van der Waals surface area (Å²) in [5, 5.41) is 3.88. The van der Waals surface area contributed by atoms with Crippen LogP contribution in [0.25, 0.3) is 0 Å². The zero-order valence-corrected chi connectivity index (χ0v) is 10.6. The normalized spacial score (nSPS) is 10.7. The second kappa shape index (κ2) is 4.74. The van der Waals surface area contributed by atoms with E-state index >= 15 is 0 Å². The predicted molar refractivity (Wildman–Crippen MR) is 66.7 cm³/mol. The molecule has 0 aliphatic heterocycles. The third kappa shape index (κ3) is 2.67. The second-order valence-corrected chi connectivity index (χ2v) is 5.01. The molecule has 3 heteroatoms. The molecular weight excluding hydrogens is 218 g/mol. The van der Waals surface area contributed by atoms with Gasteiger partial charge in [0.25, 0.3) is 0 Å². The molecule has 0 saturated heterocycles. The summed E-state index contributed by atoms with van der Waals surface area (Å²) >= 11 is 1.79. The smallest absolute Gasteiger partial charge is 0.147 e. The minimum Gasteiger partial charge on any atom is -0.360 e. The number of hydrogen-bond donors (Lipinski definition) is 0. The fraction of sp³-hybridized carbons (Fsp3) is 0.308. The third-order valence-corrected chi connectivity index (χ3v) is 3.57. The van der Waals surface area contributed by atoms with E-state index in [1.54, 1.807) is 11.8 Å². The van der Waals surface area contributed by atoms with Crippen LogP contribution in [0.1, 0.15) is 22.6 Å². The summed E-state index contributed by atoms with van der Waals surface area (Å²) in [7, 11) is 0. The van der Waals surface area contributed by atoms with Crippen LogP contribution in [0, 0.1) is 20.8 Å². The van der Waals surface area contributed by atoms with Gasteiger partial charge in [0, 0.05) is 11.0 Å². The molecule has 2 nitrogen and oxygen atoms in total. The highest BCUT2D eigenvalue weighted by atomic mass is 32.2. The molecule has 0 saturated carbocycles. The van der Waals surface area contributed by atoms with Crippen molar-refractivity contribution in [2.45, 2.75) is 31.4 Å². The van der Waals surface area contributed by atoms with Gasteiger partial charge in [-0.25, -0.2) is 0 Å². The summed E-state index contributed by atoms with van der Waals surface area (Å²) < 4.78 is 5.19. The molecule has 0 spiro atoms. The summed E-state index contributed by atoms with van der Waals surface area (Å²) in [5.41, 5.74) is 3.55. The molecule has 0 N–H and O–H groups in total. The highest BCUT2D eigenvalue weighted by Gasteiger charge is 2.04. The van der Waals surface area contributed by atoms with E-state index in [2.05, 4.69) is 37.2 Å². The monoisotopic (exact) mass is 233 g/mol. The Labute approximate surface area is 100 Å². The van der Waals surface area contributed by atoms with Gasteiger partial charge in [-0.3, -0.25) is 0 Å². The van der Waals surface area contributed by atoms with Gasteiger partial charge < -0.3 is 4.52 Å². The maximum absolute atomic E-state index is 5.19. The number of aromatic nitrogens is 1. The van der Waals surface area contributed by atoms with Crippen molar-refractivity contribution in [2.75, 3.05) is 0 Å². The quantitative estimate of drug-likeness (QED) is 0.752. The van der Waals surface area contributed by atoms with E-state index in [-0.39, 0.29) is 0 Å². The van der Waals surface area contributed by atoms with Crippen molar-refractivity contribution in [1.82, 2.24) is 5.16 Å². The van der Waals surface area contributed by atoms with E-state index in [0.717, 1.165) is 17.2 Å². The molecular formula is C13H15NOS. The molecule has 0 bridgehead atoms. The van der Waals surface area contributed by atoms with Gasteiger partial charge in [0.1, 0.15) is 5.76 Å². The van der Waals surface area contributed by atoms with E-state index in [1.807, 2.05) is 13.0 Å². The second-order valence-electron chi connectivity index (χ2n) is 3.99. The Morgan fingerprint density at radius 3 is 2.69 bits per heavy atom. The Morgan fingerprint density at radius 1 is 1.19 bits per heavy atom. The fourth-order valence-corrected chi connectivity index (χ4v) is 2.49. The van der Waals surface area contributed by atoms with E-state index in [0.29, 0.717) is 0 Å². The van der Waals surface area contributed by atoms with Crippen molar-refractivity contribution in [1.29, 1.82) is 0 Å². The number of benzene rings is 1. The molecule has 84 valence electrons. The number of nitrogens with zero attached hydrogens (tertiary/aromatic N) is 1. The Bertz CT molecular complexity index is 490. The summed E-state index contributed by atoms with van der Waals surface area (Å²) in [4.78, 5) is 1.31. The number of hydrogen-bond acceptors (Lipinski definition) is 3. The SMILES string of the molecule is Cc1ccc(C)c(SCc2cc(C)no2)c1. The molecule has 0 aliphatic rings. The van der Waals surface area contributed by atoms with Crippen LogP contribution in [0.5, 0.6) is 0 Å². The number of aryl methyl sites for hydroxylation is 3. The largest absolute Gasteiger partial charge is 0.360 e. The topological polar surface area (TPSA) is 26.0 Å². The summed E-state index contributed by atoms with van der Waals surface area (Å²) in [6.07, 6.45) is 0. The lowest BCUT2D eigenvalue weighted by molar-refractivity contribution is 0.391. The van der Waals surface area contributed by atoms with E-state index in [4.69, 9.17) is 4.52 Å². The molecule has 0 radical (unpaired) electrons. The maximum atomic E-state index is 5.19. The van der Waals surface area contributed by atoms with Crippen LogP contribution in [0.2, 0.25) is 0 Å².